The number of ether oxygens (including phenoxy) is 1. The fourth-order valence-electron chi connectivity index (χ4n) is 1.76. The maximum absolute atomic E-state index is 6.20. The normalized spacial score (nSPS) is 12.5. The van der Waals surface area contributed by atoms with E-state index in [1.54, 1.807) is 18.4 Å². The molecule has 102 valence electrons. The van der Waals surface area contributed by atoms with Crippen molar-refractivity contribution in [2.75, 3.05) is 14.2 Å². The van der Waals surface area contributed by atoms with Gasteiger partial charge in [-0.25, -0.2) is 4.98 Å². The van der Waals surface area contributed by atoms with Gasteiger partial charge in [0.15, 0.2) is 0 Å². The molecule has 5 heteroatoms. The molecule has 0 aliphatic heterocycles. The Morgan fingerprint density at radius 2 is 2.16 bits per heavy atom. The first-order valence-corrected chi connectivity index (χ1v) is 7.29. The third-order valence-corrected chi connectivity index (χ3v) is 4.52. The lowest BCUT2D eigenvalue weighted by Crippen LogP contribution is -2.11. The van der Waals surface area contributed by atoms with Crippen molar-refractivity contribution in [2.24, 2.45) is 0 Å². The van der Waals surface area contributed by atoms with Gasteiger partial charge in [-0.2, -0.15) is 0 Å². The summed E-state index contributed by atoms with van der Waals surface area (Å²) in [4.78, 5) is 4.65. The van der Waals surface area contributed by atoms with Crippen LogP contribution >= 0.6 is 22.9 Å². The van der Waals surface area contributed by atoms with E-state index in [-0.39, 0.29) is 6.04 Å². The summed E-state index contributed by atoms with van der Waals surface area (Å²) in [6.45, 7) is 4.05. The number of thiazole rings is 1. The Kier molecular flexibility index (Phi) is 4.45. The average molecular weight is 297 g/mol. The standard InChI is InChI=1S/C14H17ClN2OS/c1-8-5-13(18-4)10(6-11(8)15)12-7-19-14(17-12)9(2)16-3/h5-7,9,16H,1-4H3. The zero-order chi connectivity index (χ0) is 14.0. The number of hydrogen-bond acceptors (Lipinski definition) is 4. The van der Waals surface area contributed by atoms with Gasteiger partial charge in [0.05, 0.1) is 18.8 Å². The molecule has 3 nitrogen and oxygen atoms in total. The minimum atomic E-state index is 0.241. The first-order valence-electron chi connectivity index (χ1n) is 6.04. The molecule has 1 atom stereocenters. The second-order valence-corrected chi connectivity index (χ2v) is 5.68. The molecule has 0 aliphatic rings. The van der Waals surface area contributed by atoms with Gasteiger partial charge in [0.25, 0.3) is 0 Å². The molecule has 0 amide bonds. The predicted octanol–water partition coefficient (Wildman–Crippen LogP) is 4.06. The van der Waals surface area contributed by atoms with E-state index in [2.05, 4.69) is 17.2 Å². The van der Waals surface area contributed by atoms with E-state index in [4.69, 9.17) is 16.3 Å². The van der Waals surface area contributed by atoms with E-state index in [0.29, 0.717) is 0 Å². The molecular weight excluding hydrogens is 280 g/mol. The summed E-state index contributed by atoms with van der Waals surface area (Å²) in [6.07, 6.45) is 0. The van der Waals surface area contributed by atoms with Crippen LogP contribution in [-0.2, 0) is 0 Å². The molecule has 0 radical (unpaired) electrons. The molecule has 1 aromatic carbocycles. The number of methoxy groups -OCH3 is 1. The lowest BCUT2D eigenvalue weighted by Gasteiger charge is -2.09. The first kappa shape index (κ1) is 14.3. The Balaban J connectivity index is 2.46. The van der Waals surface area contributed by atoms with Gasteiger partial charge in [-0.05, 0) is 38.6 Å². The molecule has 1 aromatic heterocycles. The Morgan fingerprint density at radius 1 is 1.42 bits per heavy atom. The molecule has 2 aromatic rings. The highest BCUT2D eigenvalue weighted by atomic mass is 35.5. The van der Waals surface area contributed by atoms with E-state index in [1.807, 2.05) is 31.5 Å². The van der Waals surface area contributed by atoms with E-state index >= 15 is 0 Å². The molecule has 0 fully saturated rings. The van der Waals surface area contributed by atoms with Crippen molar-refractivity contribution in [1.82, 2.24) is 10.3 Å². The van der Waals surface area contributed by atoms with Crippen LogP contribution in [0.1, 0.15) is 23.5 Å². The molecule has 2 rings (SSSR count). The maximum atomic E-state index is 6.20. The van der Waals surface area contributed by atoms with Crippen LogP contribution in [0.4, 0.5) is 0 Å². The summed E-state index contributed by atoms with van der Waals surface area (Å²) < 4.78 is 5.42. The van der Waals surface area contributed by atoms with Gasteiger partial charge < -0.3 is 10.1 Å². The average Bonchev–Trinajstić information content (AvgIpc) is 2.90. The third kappa shape index (κ3) is 2.91. The largest absolute Gasteiger partial charge is 0.496 e. The smallest absolute Gasteiger partial charge is 0.128 e. The second kappa shape index (κ2) is 5.90. The number of aromatic nitrogens is 1. The summed E-state index contributed by atoms with van der Waals surface area (Å²) in [5, 5.41) is 7.00. The number of halogens is 1. The van der Waals surface area contributed by atoms with Gasteiger partial charge in [-0.3, -0.25) is 0 Å². The van der Waals surface area contributed by atoms with Gasteiger partial charge >= 0.3 is 0 Å². The number of benzene rings is 1. The molecule has 1 heterocycles. The van der Waals surface area contributed by atoms with Crippen LogP contribution in [0.3, 0.4) is 0 Å². The monoisotopic (exact) mass is 296 g/mol. The van der Waals surface area contributed by atoms with Gasteiger partial charge in [0, 0.05) is 16.0 Å². The summed E-state index contributed by atoms with van der Waals surface area (Å²) >= 11 is 7.83. The van der Waals surface area contributed by atoms with Crippen molar-refractivity contribution in [1.29, 1.82) is 0 Å². The molecule has 0 bridgehead atoms. The minimum absolute atomic E-state index is 0.241. The van der Waals surface area contributed by atoms with Crippen LogP contribution in [0, 0.1) is 6.92 Å². The highest BCUT2D eigenvalue weighted by Crippen LogP contribution is 2.35. The zero-order valence-electron chi connectivity index (χ0n) is 11.5. The molecule has 1 unspecified atom stereocenters. The molecule has 0 saturated heterocycles. The number of nitrogens with zero attached hydrogens (tertiary/aromatic N) is 1. The van der Waals surface area contributed by atoms with Crippen LogP contribution in [0.15, 0.2) is 17.5 Å². The Morgan fingerprint density at radius 3 is 2.79 bits per heavy atom. The maximum Gasteiger partial charge on any atom is 0.128 e. The summed E-state index contributed by atoms with van der Waals surface area (Å²) in [5.41, 5.74) is 2.84. The predicted molar refractivity (Wildman–Crippen MR) is 81.3 cm³/mol. The van der Waals surface area contributed by atoms with Crippen LogP contribution < -0.4 is 10.1 Å². The van der Waals surface area contributed by atoms with Crippen molar-refractivity contribution < 1.29 is 4.74 Å². The first-order chi connectivity index (χ1) is 9.06. The summed E-state index contributed by atoms with van der Waals surface area (Å²) in [7, 11) is 3.59. The van der Waals surface area contributed by atoms with Crippen LogP contribution in [0.25, 0.3) is 11.3 Å². The van der Waals surface area contributed by atoms with Crippen molar-refractivity contribution in [3.05, 3.63) is 33.1 Å². The van der Waals surface area contributed by atoms with Crippen LogP contribution in [-0.4, -0.2) is 19.1 Å². The fraction of sp³-hybridized carbons (Fsp3) is 0.357. The van der Waals surface area contributed by atoms with E-state index < -0.39 is 0 Å². The van der Waals surface area contributed by atoms with Gasteiger partial charge in [0.2, 0.25) is 0 Å². The van der Waals surface area contributed by atoms with Crippen molar-refractivity contribution in [3.8, 4) is 17.0 Å². The van der Waals surface area contributed by atoms with E-state index in [9.17, 15) is 0 Å². The topological polar surface area (TPSA) is 34.2 Å². The Labute approximate surface area is 122 Å². The highest BCUT2D eigenvalue weighted by Gasteiger charge is 2.14. The van der Waals surface area contributed by atoms with E-state index in [1.165, 1.54) is 0 Å². The zero-order valence-corrected chi connectivity index (χ0v) is 13.0. The lowest BCUT2D eigenvalue weighted by atomic mass is 10.1. The number of hydrogen-bond donors (Lipinski definition) is 1. The van der Waals surface area contributed by atoms with Crippen molar-refractivity contribution >= 4 is 22.9 Å². The number of aryl methyl sites for hydroxylation is 1. The Hall–Kier alpha value is -1.10. The molecular formula is C14H17ClN2OS. The molecule has 0 saturated carbocycles. The van der Waals surface area contributed by atoms with Gasteiger partial charge in [-0.1, -0.05) is 11.6 Å². The minimum Gasteiger partial charge on any atom is -0.496 e. The lowest BCUT2D eigenvalue weighted by molar-refractivity contribution is 0.416. The number of nitrogens with one attached hydrogen (secondary N) is 1. The molecule has 19 heavy (non-hydrogen) atoms. The van der Waals surface area contributed by atoms with Crippen molar-refractivity contribution in [2.45, 2.75) is 19.9 Å². The second-order valence-electron chi connectivity index (χ2n) is 4.38. The SMILES string of the molecule is CNC(C)c1nc(-c2cc(Cl)c(C)cc2OC)cs1. The van der Waals surface area contributed by atoms with Gasteiger partial charge in [-0.15, -0.1) is 11.3 Å². The molecule has 0 spiro atoms. The fourth-order valence-corrected chi connectivity index (χ4v) is 2.81. The Bertz CT molecular complexity index is 583. The summed E-state index contributed by atoms with van der Waals surface area (Å²) in [5.74, 6) is 0.802. The highest BCUT2D eigenvalue weighted by molar-refractivity contribution is 7.10. The summed E-state index contributed by atoms with van der Waals surface area (Å²) in [6, 6.07) is 4.10. The van der Waals surface area contributed by atoms with Gasteiger partial charge in [0.1, 0.15) is 10.8 Å². The quantitative estimate of drug-likeness (QED) is 0.924. The third-order valence-electron chi connectivity index (χ3n) is 3.08. The number of rotatable bonds is 4. The molecule has 0 aliphatic carbocycles. The van der Waals surface area contributed by atoms with Crippen LogP contribution in [0.5, 0.6) is 5.75 Å². The van der Waals surface area contributed by atoms with Crippen LogP contribution in [0.2, 0.25) is 5.02 Å². The molecule has 1 N–H and O–H groups in total. The van der Waals surface area contributed by atoms with Crippen molar-refractivity contribution in [3.63, 3.8) is 0 Å². The van der Waals surface area contributed by atoms with E-state index in [0.717, 1.165) is 32.6 Å².